The Balaban J connectivity index is 2.47. The third kappa shape index (κ3) is 1.74. The molecule has 0 radical (unpaired) electrons. The fourth-order valence-corrected chi connectivity index (χ4v) is 1.56. The van der Waals surface area contributed by atoms with Crippen molar-refractivity contribution in [1.82, 2.24) is 9.97 Å². The predicted molar refractivity (Wildman–Crippen MR) is 61.6 cm³/mol. The van der Waals surface area contributed by atoms with Crippen molar-refractivity contribution in [2.45, 2.75) is 13.3 Å². The Bertz CT molecular complexity index is 492. The second-order valence-electron chi connectivity index (χ2n) is 3.45. The van der Waals surface area contributed by atoms with Gasteiger partial charge in [-0.25, -0.2) is 4.98 Å². The van der Waals surface area contributed by atoms with Gasteiger partial charge in [-0.1, -0.05) is 13.0 Å². The van der Waals surface area contributed by atoms with Gasteiger partial charge in [0.15, 0.2) is 11.5 Å². The van der Waals surface area contributed by atoms with E-state index in [0.29, 0.717) is 17.1 Å². The molecule has 2 N–H and O–H groups in total. The molecular formula is C12H14N2O2. The SMILES string of the molecule is CCc1c[nH]c(-c2cccc(OC)c2O)n1. The molecule has 0 unspecified atom stereocenters. The van der Waals surface area contributed by atoms with Crippen molar-refractivity contribution >= 4 is 0 Å². The van der Waals surface area contributed by atoms with Crippen LogP contribution < -0.4 is 4.74 Å². The molecule has 0 aliphatic rings. The standard InChI is InChI=1S/C12H14N2O2/c1-3-8-7-13-12(14-8)9-5-4-6-10(16-2)11(9)15/h4-7,15H,3H2,1-2H3,(H,13,14). The second kappa shape index (κ2) is 4.26. The highest BCUT2D eigenvalue weighted by molar-refractivity contribution is 5.68. The van der Waals surface area contributed by atoms with E-state index in [4.69, 9.17) is 4.74 Å². The van der Waals surface area contributed by atoms with Crippen molar-refractivity contribution in [3.8, 4) is 22.9 Å². The average molecular weight is 218 g/mol. The zero-order chi connectivity index (χ0) is 11.5. The third-order valence-electron chi connectivity index (χ3n) is 2.47. The van der Waals surface area contributed by atoms with Crippen LogP contribution in [0.4, 0.5) is 0 Å². The van der Waals surface area contributed by atoms with Crippen LogP contribution in [0.25, 0.3) is 11.4 Å². The van der Waals surface area contributed by atoms with Crippen molar-refractivity contribution in [2.75, 3.05) is 7.11 Å². The van der Waals surface area contributed by atoms with Crippen molar-refractivity contribution in [3.05, 3.63) is 30.1 Å². The smallest absolute Gasteiger partial charge is 0.168 e. The number of ether oxygens (including phenoxy) is 1. The molecule has 4 nitrogen and oxygen atoms in total. The molecule has 4 heteroatoms. The maximum atomic E-state index is 9.94. The largest absolute Gasteiger partial charge is 0.504 e. The molecule has 1 heterocycles. The van der Waals surface area contributed by atoms with E-state index in [-0.39, 0.29) is 5.75 Å². The fourth-order valence-electron chi connectivity index (χ4n) is 1.56. The minimum Gasteiger partial charge on any atom is -0.504 e. The topological polar surface area (TPSA) is 58.1 Å². The van der Waals surface area contributed by atoms with Crippen LogP contribution in [-0.2, 0) is 6.42 Å². The summed E-state index contributed by atoms with van der Waals surface area (Å²) in [6, 6.07) is 5.33. The number of phenols is 1. The third-order valence-corrected chi connectivity index (χ3v) is 2.47. The second-order valence-corrected chi connectivity index (χ2v) is 3.45. The number of H-pyrrole nitrogens is 1. The number of para-hydroxylation sites is 1. The Kier molecular flexibility index (Phi) is 2.81. The van der Waals surface area contributed by atoms with Crippen molar-refractivity contribution in [1.29, 1.82) is 0 Å². The molecular weight excluding hydrogens is 204 g/mol. The lowest BCUT2D eigenvalue weighted by molar-refractivity contribution is 0.374. The Morgan fingerprint density at radius 2 is 2.25 bits per heavy atom. The first kappa shape index (κ1) is 10.5. The van der Waals surface area contributed by atoms with Crippen molar-refractivity contribution in [3.63, 3.8) is 0 Å². The normalized spacial score (nSPS) is 10.4. The van der Waals surface area contributed by atoms with Gasteiger partial charge in [0.05, 0.1) is 18.4 Å². The van der Waals surface area contributed by atoms with Crippen LogP contribution in [0.2, 0.25) is 0 Å². The zero-order valence-corrected chi connectivity index (χ0v) is 9.32. The number of benzene rings is 1. The van der Waals surface area contributed by atoms with Crippen LogP contribution in [0.5, 0.6) is 11.5 Å². The van der Waals surface area contributed by atoms with E-state index in [1.165, 1.54) is 7.11 Å². The molecule has 0 saturated carbocycles. The first-order valence-corrected chi connectivity index (χ1v) is 5.17. The van der Waals surface area contributed by atoms with Gasteiger partial charge >= 0.3 is 0 Å². The molecule has 1 aromatic carbocycles. The molecule has 0 atom stereocenters. The summed E-state index contributed by atoms with van der Waals surface area (Å²) in [5, 5.41) is 9.94. The van der Waals surface area contributed by atoms with E-state index in [1.54, 1.807) is 12.1 Å². The van der Waals surface area contributed by atoms with Gasteiger partial charge in [0, 0.05) is 6.20 Å². The highest BCUT2D eigenvalue weighted by Gasteiger charge is 2.11. The van der Waals surface area contributed by atoms with Gasteiger partial charge < -0.3 is 14.8 Å². The summed E-state index contributed by atoms with van der Waals surface area (Å²) in [6.07, 6.45) is 2.70. The Morgan fingerprint density at radius 1 is 1.44 bits per heavy atom. The number of methoxy groups -OCH3 is 1. The van der Waals surface area contributed by atoms with Crippen molar-refractivity contribution < 1.29 is 9.84 Å². The Hall–Kier alpha value is -1.97. The number of aromatic amines is 1. The molecule has 0 aliphatic heterocycles. The fraction of sp³-hybridized carbons (Fsp3) is 0.250. The number of nitrogens with zero attached hydrogens (tertiary/aromatic N) is 1. The number of rotatable bonds is 3. The average Bonchev–Trinajstić information content (AvgIpc) is 2.78. The van der Waals surface area contributed by atoms with Gasteiger partial charge in [0.25, 0.3) is 0 Å². The number of aromatic hydroxyl groups is 1. The maximum absolute atomic E-state index is 9.94. The molecule has 0 spiro atoms. The minimum atomic E-state index is 0.113. The van der Waals surface area contributed by atoms with Crippen LogP contribution in [0.1, 0.15) is 12.6 Å². The molecule has 0 fully saturated rings. The molecule has 16 heavy (non-hydrogen) atoms. The lowest BCUT2D eigenvalue weighted by atomic mass is 10.2. The number of hydrogen-bond acceptors (Lipinski definition) is 3. The van der Waals surface area contributed by atoms with E-state index in [9.17, 15) is 5.11 Å². The minimum absolute atomic E-state index is 0.113. The number of aryl methyl sites for hydroxylation is 1. The van der Waals surface area contributed by atoms with Crippen LogP contribution in [0, 0.1) is 0 Å². The summed E-state index contributed by atoms with van der Waals surface area (Å²) in [4.78, 5) is 7.40. The Labute approximate surface area is 93.9 Å². The van der Waals surface area contributed by atoms with Gasteiger partial charge in [0.2, 0.25) is 0 Å². The van der Waals surface area contributed by atoms with Gasteiger partial charge in [-0.15, -0.1) is 0 Å². The summed E-state index contributed by atoms with van der Waals surface area (Å²) >= 11 is 0. The van der Waals surface area contributed by atoms with E-state index < -0.39 is 0 Å². The summed E-state index contributed by atoms with van der Waals surface area (Å²) in [5.74, 6) is 1.22. The molecule has 0 saturated heterocycles. The van der Waals surface area contributed by atoms with E-state index in [0.717, 1.165) is 12.1 Å². The van der Waals surface area contributed by atoms with Gasteiger partial charge in [-0.05, 0) is 18.6 Å². The van der Waals surface area contributed by atoms with Crippen molar-refractivity contribution in [2.24, 2.45) is 0 Å². The van der Waals surface area contributed by atoms with E-state index in [2.05, 4.69) is 9.97 Å². The summed E-state index contributed by atoms with van der Waals surface area (Å²) < 4.78 is 5.05. The number of nitrogens with one attached hydrogen (secondary N) is 1. The first-order chi connectivity index (χ1) is 7.76. The van der Waals surface area contributed by atoms with E-state index >= 15 is 0 Å². The predicted octanol–water partition coefficient (Wildman–Crippen LogP) is 2.35. The number of hydrogen-bond donors (Lipinski definition) is 2. The first-order valence-electron chi connectivity index (χ1n) is 5.17. The molecule has 0 aliphatic carbocycles. The summed E-state index contributed by atoms with van der Waals surface area (Å²) in [6.45, 7) is 2.03. The molecule has 0 bridgehead atoms. The quantitative estimate of drug-likeness (QED) is 0.831. The summed E-state index contributed by atoms with van der Waals surface area (Å²) in [7, 11) is 1.53. The molecule has 2 aromatic rings. The molecule has 2 rings (SSSR count). The maximum Gasteiger partial charge on any atom is 0.168 e. The highest BCUT2D eigenvalue weighted by atomic mass is 16.5. The number of aromatic nitrogens is 2. The highest BCUT2D eigenvalue weighted by Crippen LogP contribution is 2.35. The van der Waals surface area contributed by atoms with Gasteiger partial charge in [0.1, 0.15) is 5.82 Å². The zero-order valence-electron chi connectivity index (χ0n) is 9.32. The van der Waals surface area contributed by atoms with Crippen LogP contribution >= 0.6 is 0 Å². The monoisotopic (exact) mass is 218 g/mol. The van der Waals surface area contributed by atoms with E-state index in [1.807, 2.05) is 19.2 Å². The molecule has 0 amide bonds. The van der Waals surface area contributed by atoms with Gasteiger partial charge in [-0.2, -0.15) is 0 Å². The van der Waals surface area contributed by atoms with Crippen LogP contribution in [0.3, 0.4) is 0 Å². The summed E-state index contributed by atoms with van der Waals surface area (Å²) in [5.41, 5.74) is 1.62. The molecule has 84 valence electrons. The van der Waals surface area contributed by atoms with Crippen LogP contribution in [0.15, 0.2) is 24.4 Å². The lowest BCUT2D eigenvalue weighted by Crippen LogP contribution is -1.87. The number of phenolic OH excluding ortho intramolecular Hbond substituents is 1. The lowest BCUT2D eigenvalue weighted by Gasteiger charge is -2.06. The number of imidazole rings is 1. The van der Waals surface area contributed by atoms with Crippen LogP contribution in [-0.4, -0.2) is 22.2 Å². The molecule has 1 aromatic heterocycles. The van der Waals surface area contributed by atoms with Gasteiger partial charge in [-0.3, -0.25) is 0 Å². The Morgan fingerprint density at radius 3 is 2.88 bits per heavy atom.